The van der Waals surface area contributed by atoms with E-state index >= 15 is 0 Å². The van der Waals surface area contributed by atoms with Gasteiger partial charge in [0.15, 0.2) is 5.43 Å². The Hall–Kier alpha value is -4.56. The van der Waals surface area contributed by atoms with E-state index in [0.717, 1.165) is 18.2 Å². The minimum absolute atomic E-state index is 0.0593. The molecule has 0 saturated carbocycles. The summed E-state index contributed by atoms with van der Waals surface area (Å²) in [6.45, 7) is 3.55. The van der Waals surface area contributed by atoms with E-state index in [2.05, 4.69) is 9.98 Å². The molecule has 0 amide bonds. The average Bonchev–Trinajstić information content (AvgIpc) is 2.94. The Bertz CT molecular complexity index is 2460. The Labute approximate surface area is 238 Å². The number of hydrogen-bond acceptors (Lipinski definition) is 9. The number of aromatic nitrogens is 1. The van der Waals surface area contributed by atoms with Crippen LogP contribution in [0, 0.1) is 10.4 Å². The quantitative estimate of drug-likeness (QED) is 0.191. The van der Waals surface area contributed by atoms with E-state index in [-0.39, 0.29) is 37.8 Å². The van der Waals surface area contributed by atoms with Gasteiger partial charge in [-0.1, -0.05) is 49.4 Å². The van der Waals surface area contributed by atoms with E-state index in [9.17, 15) is 40.6 Å². The monoisotopic (exact) mass is 606 g/mol. The van der Waals surface area contributed by atoms with Gasteiger partial charge in [0.05, 0.1) is 26.7 Å². The lowest BCUT2D eigenvalue weighted by Gasteiger charge is -2.12. The van der Waals surface area contributed by atoms with Crippen LogP contribution in [-0.2, 0) is 20.2 Å². The molecule has 5 rings (SSSR count). The molecule has 11 nitrogen and oxygen atoms in total. The summed E-state index contributed by atoms with van der Waals surface area (Å²) < 4.78 is 68.2. The number of fused-ring (bicyclic) bond motifs is 2. The largest absolute Gasteiger partial charge is 0.506 e. The maximum atomic E-state index is 13.9. The fourth-order valence-electron chi connectivity index (χ4n) is 4.95. The number of benzene rings is 3. The second-order valence-electron chi connectivity index (χ2n) is 9.32. The highest BCUT2D eigenvalue weighted by molar-refractivity contribution is 7.86. The average molecular weight is 607 g/mol. The number of allylic oxidation sites excluding steroid dienone is 2. The zero-order chi connectivity index (χ0) is 30.6. The maximum absolute atomic E-state index is 13.9. The molecular weight excluding hydrogens is 584 g/mol. The van der Waals surface area contributed by atoms with Crippen molar-refractivity contribution in [2.75, 3.05) is 0 Å². The lowest BCUT2D eigenvalue weighted by Crippen LogP contribution is -2.33. The molecule has 0 fully saturated rings. The Kier molecular flexibility index (Phi) is 7.15. The van der Waals surface area contributed by atoms with Gasteiger partial charge in [-0.3, -0.25) is 23.7 Å². The Morgan fingerprint density at radius 2 is 1.62 bits per heavy atom. The zero-order valence-electron chi connectivity index (χ0n) is 22.1. The maximum Gasteiger partial charge on any atom is 0.296 e. The summed E-state index contributed by atoms with van der Waals surface area (Å²) in [6.07, 6.45) is 3.78. The van der Waals surface area contributed by atoms with Crippen molar-refractivity contribution in [1.29, 1.82) is 0 Å². The standard InChI is InChI=1S/C29H22N2O9S2/c1-3-8-16(4-2)30-20-14-21(42(38,39)40)26-24-22(18-11-5-6-12-19(18)28(33)23(20)24)25(29(34)31-26)27(32)15-9-7-10-17(13-15)41(35,36)37/h3,5-14,32H,4H2,1-2H3,(H,35,36,37)(H,38,39,40)/b8-3-,27-25?,30-16?. The van der Waals surface area contributed by atoms with E-state index in [4.69, 9.17) is 0 Å². The predicted molar refractivity (Wildman–Crippen MR) is 157 cm³/mol. The highest BCUT2D eigenvalue weighted by Crippen LogP contribution is 2.31. The molecule has 0 bridgehead atoms. The summed E-state index contributed by atoms with van der Waals surface area (Å²) in [4.78, 5) is 34.6. The first-order valence-electron chi connectivity index (χ1n) is 12.5. The van der Waals surface area contributed by atoms with E-state index in [1.54, 1.807) is 38.1 Å². The minimum Gasteiger partial charge on any atom is -0.506 e. The van der Waals surface area contributed by atoms with Gasteiger partial charge in [0.2, 0.25) is 0 Å². The van der Waals surface area contributed by atoms with Gasteiger partial charge >= 0.3 is 0 Å². The van der Waals surface area contributed by atoms with Crippen molar-refractivity contribution >= 4 is 59.1 Å². The highest BCUT2D eigenvalue weighted by atomic mass is 32.2. The Morgan fingerprint density at radius 1 is 0.929 bits per heavy atom. The molecule has 2 aliphatic rings. The first-order chi connectivity index (χ1) is 19.8. The van der Waals surface area contributed by atoms with E-state index < -0.39 is 57.5 Å². The number of aliphatic hydroxyl groups is 1. The van der Waals surface area contributed by atoms with Crippen molar-refractivity contribution in [3.63, 3.8) is 0 Å². The predicted octanol–water partition coefficient (Wildman–Crippen LogP) is 3.26. The third kappa shape index (κ3) is 4.81. The molecule has 0 saturated heterocycles. The first-order valence-corrected chi connectivity index (χ1v) is 15.3. The summed E-state index contributed by atoms with van der Waals surface area (Å²) in [5, 5.41) is 10.9. The van der Waals surface area contributed by atoms with Gasteiger partial charge in [-0.25, -0.2) is 4.98 Å². The van der Waals surface area contributed by atoms with Crippen LogP contribution < -0.4 is 16.2 Å². The molecule has 3 aromatic carbocycles. The summed E-state index contributed by atoms with van der Waals surface area (Å²) in [7, 11) is -9.68. The second kappa shape index (κ2) is 10.4. The molecule has 214 valence electrons. The van der Waals surface area contributed by atoms with Gasteiger partial charge in [0, 0.05) is 27.1 Å². The summed E-state index contributed by atoms with van der Waals surface area (Å²) in [5.41, 5.74) is -1.98. The molecule has 3 aromatic rings. The van der Waals surface area contributed by atoms with Crippen LogP contribution in [0.25, 0.3) is 27.4 Å². The number of hydrogen-bond donors (Lipinski definition) is 3. The third-order valence-corrected chi connectivity index (χ3v) is 8.46. The molecular formula is C29H22N2O9S2. The SMILES string of the molecule is C/C=C\C(CC)=Nc1cc(S(=O)(=O)O)c2nc(=O)c(=C(O)c3cccc(S(=O)(=O)O)c3)c3c4ccccc4c(=O)c1c2=3. The van der Waals surface area contributed by atoms with Crippen LogP contribution in [0.4, 0.5) is 5.69 Å². The normalized spacial score (nSPS) is 14.0. The molecule has 0 aromatic heterocycles. The number of aliphatic imine (C=N–C) groups is 1. The molecule has 42 heavy (non-hydrogen) atoms. The van der Waals surface area contributed by atoms with Crippen LogP contribution >= 0.6 is 0 Å². The lowest BCUT2D eigenvalue weighted by molar-refractivity contribution is 0.481. The highest BCUT2D eigenvalue weighted by Gasteiger charge is 2.25. The summed E-state index contributed by atoms with van der Waals surface area (Å²) in [6, 6.07) is 11.7. The van der Waals surface area contributed by atoms with Crippen LogP contribution in [-0.4, -0.2) is 41.7 Å². The van der Waals surface area contributed by atoms with E-state index in [1.165, 1.54) is 24.3 Å². The number of rotatable bonds is 6. The van der Waals surface area contributed by atoms with Gasteiger partial charge in [-0.15, -0.1) is 0 Å². The fraction of sp³-hybridized carbons (Fsp3) is 0.103. The Balaban J connectivity index is 2.21. The smallest absolute Gasteiger partial charge is 0.296 e. The van der Waals surface area contributed by atoms with Crippen molar-refractivity contribution in [2.45, 2.75) is 30.1 Å². The van der Waals surface area contributed by atoms with Crippen LogP contribution in [0.1, 0.15) is 25.8 Å². The Morgan fingerprint density at radius 3 is 2.24 bits per heavy atom. The molecule has 1 aliphatic heterocycles. The zero-order valence-corrected chi connectivity index (χ0v) is 23.7. The van der Waals surface area contributed by atoms with E-state index in [1.807, 2.05) is 0 Å². The van der Waals surface area contributed by atoms with Gasteiger partial charge in [0.1, 0.15) is 10.7 Å². The summed E-state index contributed by atoms with van der Waals surface area (Å²) in [5.74, 6) is -0.740. The fourth-order valence-corrected chi connectivity index (χ4v) is 6.12. The van der Waals surface area contributed by atoms with Crippen molar-refractivity contribution in [3.05, 3.63) is 109 Å². The van der Waals surface area contributed by atoms with Gasteiger partial charge < -0.3 is 5.11 Å². The molecule has 0 spiro atoms. The van der Waals surface area contributed by atoms with Crippen molar-refractivity contribution in [3.8, 4) is 0 Å². The molecule has 1 heterocycles. The molecule has 0 radical (unpaired) electrons. The van der Waals surface area contributed by atoms with Crippen molar-refractivity contribution in [1.82, 2.24) is 4.98 Å². The van der Waals surface area contributed by atoms with Crippen molar-refractivity contribution in [2.24, 2.45) is 4.99 Å². The van der Waals surface area contributed by atoms with E-state index in [0.29, 0.717) is 12.1 Å². The number of nitrogens with zero attached hydrogens (tertiary/aromatic N) is 2. The molecule has 13 heteroatoms. The van der Waals surface area contributed by atoms with Gasteiger partial charge in [-0.2, -0.15) is 16.8 Å². The topological polar surface area (TPSA) is 188 Å². The minimum atomic E-state index is -5.01. The second-order valence-corrected chi connectivity index (χ2v) is 12.1. The van der Waals surface area contributed by atoms with Crippen LogP contribution in [0.2, 0.25) is 0 Å². The molecule has 0 unspecified atom stereocenters. The molecule has 3 N–H and O–H groups in total. The van der Waals surface area contributed by atoms with Crippen molar-refractivity contribution < 1.29 is 31.0 Å². The summed E-state index contributed by atoms with van der Waals surface area (Å²) >= 11 is 0. The molecule has 0 atom stereocenters. The third-order valence-electron chi connectivity index (χ3n) is 6.74. The van der Waals surface area contributed by atoms with Gasteiger partial charge in [-0.05, 0) is 43.0 Å². The lowest BCUT2D eigenvalue weighted by atomic mass is 9.96. The number of aliphatic hydroxyl groups excluding tert-OH is 1. The van der Waals surface area contributed by atoms with Crippen LogP contribution in [0.15, 0.2) is 91.1 Å². The van der Waals surface area contributed by atoms with Crippen LogP contribution in [0.3, 0.4) is 0 Å². The molecule has 1 aliphatic carbocycles. The first kappa shape index (κ1) is 29.0. The van der Waals surface area contributed by atoms with Gasteiger partial charge in [0.25, 0.3) is 25.8 Å². The van der Waals surface area contributed by atoms with Crippen LogP contribution in [0.5, 0.6) is 0 Å².